The fraction of sp³-hybridized carbons (Fsp3) is 0. The van der Waals surface area contributed by atoms with Gasteiger partial charge in [-0.25, -0.2) is 4.98 Å². The van der Waals surface area contributed by atoms with E-state index in [1.165, 1.54) is 0 Å². The minimum Gasteiger partial charge on any atom is -0.256 e. The smallest absolute Gasteiger partial charge is 0.140 e. The van der Waals surface area contributed by atoms with Gasteiger partial charge < -0.3 is 0 Å². The standard InChI is InChI=1S/C18H10N4/c19-9-13-1-3-14(4-2-13)18-8-6-16(12-22-18)15-5-7-17(10-20)21-11-15/h1-8,11-12H. The third kappa shape index (κ3) is 2.67. The van der Waals surface area contributed by atoms with E-state index in [0.717, 1.165) is 22.4 Å². The monoisotopic (exact) mass is 282 g/mol. The lowest BCUT2D eigenvalue weighted by Gasteiger charge is -2.04. The Kier molecular flexibility index (Phi) is 3.59. The van der Waals surface area contributed by atoms with Gasteiger partial charge in [0.15, 0.2) is 0 Å². The van der Waals surface area contributed by atoms with Crippen molar-refractivity contribution in [1.29, 1.82) is 10.5 Å². The van der Waals surface area contributed by atoms with Gasteiger partial charge in [0.05, 0.1) is 17.3 Å². The van der Waals surface area contributed by atoms with Crippen LogP contribution < -0.4 is 0 Å². The molecule has 0 spiro atoms. The number of nitriles is 2. The lowest BCUT2D eigenvalue weighted by Crippen LogP contribution is -1.87. The van der Waals surface area contributed by atoms with Gasteiger partial charge in [0.1, 0.15) is 11.8 Å². The highest BCUT2D eigenvalue weighted by Gasteiger charge is 2.03. The highest BCUT2D eigenvalue weighted by molar-refractivity contribution is 5.66. The fourth-order valence-electron chi connectivity index (χ4n) is 2.08. The van der Waals surface area contributed by atoms with Crippen molar-refractivity contribution >= 4 is 0 Å². The molecule has 3 aromatic rings. The van der Waals surface area contributed by atoms with E-state index >= 15 is 0 Å². The SMILES string of the molecule is N#Cc1ccc(-c2ccc(-c3ccc(C#N)nc3)cn2)cc1. The number of benzene rings is 1. The van der Waals surface area contributed by atoms with E-state index in [2.05, 4.69) is 16.0 Å². The van der Waals surface area contributed by atoms with Crippen LogP contribution in [0.1, 0.15) is 11.3 Å². The fourth-order valence-corrected chi connectivity index (χ4v) is 2.08. The molecule has 0 aliphatic heterocycles. The van der Waals surface area contributed by atoms with Crippen LogP contribution in [0.25, 0.3) is 22.4 Å². The van der Waals surface area contributed by atoms with Crippen molar-refractivity contribution in [2.45, 2.75) is 0 Å². The zero-order valence-corrected chi connectivity index (χ0v) is 11.6. The highest BCUT2D eigenvalue weighted by Crippen LogP contribution is 2.22. The molecule has 0 N–H and O–H groups in total. The number of pyridine rings is 2. The third-order valence-electron chi connectivity index (χ3n) is 3.28. The number of nitrogens with zero attached hydrogens (tertiary/aromatic N) is 4. The lowest BCUT2D eigenvalue weighted by molar-refractivity contribution is 1.26. The van der Waals surface area contributed by atoms with Crippen LogP contribution in [-0.2, 0) is 0 Å². The predicted molar refractivity (Wildman–Crippen MR) is 82.3 cm³/mol. The van der Waals surface area contributed by atoms with E-state index in [9.17, 15) is 0 Å². The second kappa shape index (κ2) is 5.87. The van der Waals surface area contributed by atoms with E-state index in [4.69, 9.17) is 10.5 Å². The van der Waals surface area contributed by atoms with Crippen LogP contribution in [0, 0.1) is 22.7 Å². The summed E-state index contributed by atoms with van der Waals surface area (Å²) in [6.07, 6.45) is 3.44. The molecule has 0 aliphatic rings. The minimum absolute atomic E-state index is 0.394. The second-order valence-electron chi connectivity index (χ2n) is 4.67. The molecular formula is C18H10N4. The molecule has 0 bridgehead atoms. The van der Waals surface area contributed by atoms with Gasteiger partial charge in [-0.3, -0.25) is 4.98 Å². The molecule has 0 saturated heterocycles. The van der Waals surface area contributed by atoms with Crippen LogP contribution >= 0.6 is 0 Å². The molecule has 0 saturated carbocycles. The Morgan fingerprint density at radius 2 is 1.27 bits per heavy atom. The number of hydrogen-bond donors (Lipinski definition) is 0. The summed E-state index contributed by atoms with van der Waals surface area (Å²) in [5.41, 5.74) is 4.68. The first-order valence-corrected chi connectivity index (χ1v) is 6.63. The maximum atomic E-state index is 8.81. The molecule has 2 aromatic heterocycles. The average molecular weight is 282 g/mol. The Labute approximate surface area is 127 Å². The minimum atomic E-state index is 0.394. The molecule has 22 heavy (non-hydrogen) atoms. The summed E-state index contributed by atoms with van der Waals surface area (Å²) < 4.78 is 0. The van der Waals surface area contributed by atoms with Crippen molar-refractivity contribution in [2.75, 3.05) is 0 Å². The highest BCUT2D eigenvalue weighted by atomic mass is 14.7. The van der Waals surface area contributed by atoms with Crippen LogP contribution in [0.4, 0.5) is 0 Å². The molecule has 3 rings (SSSR count). The van der Waals surface area contributed by atoms with E-state index in [1.807, 2.05) is 36.4 Å². The van der Waals surface area contributed by atoms with Gasteiger partial charge in [0, 0.05) is 29.1 Å². The topological polar surface area (TPSA) is 73.4 Å². The molecule has 0 atom stereocenters. The molecule has 0 amide bonds. The van der Waals surface area contributed by atoms with Gasteiger partial charge in [-0.2, -0.15) is 10.5 Å². The summed E-state index contributed by atoms with van der Waals surface area (Å²) in [7, 11) is 0. The number of hydrogen-bond acceptors (Lipinski definition) is 4. The quantitative estimate of drug-likeness (QED) is 0.720. The molecule has 0 unspecified atom stereocenters. The second-order valence-corrected chi connectivity index (χ2v) is 4.67. The Morgan fingerprint density at radius 1 is 0.636 bits per heavy atom. The van der Waals surface area contributed by atoms with Crippen molar-refractivity contribution in [1.82, 2.24) is 9.97 Å². The maximum absolute atomic E-state index is 8.81. The normalized spacial score (nSPS) is 9.73. The predicted octanol–water partition coefficient (Wildman–Crippen LogP) is 3.55. The van der Waals surface area contributed by atoms with Gasteiger partial charge in [-0.05, 0) is 30.3 Å². The van der Waals surface area contributed by atoms with Crippen LogP contribution in [0.2, 0.25) is 0 Å². The summed E-state index contributed by atoms with van der Waals surface area (Å²) in [6, 6.07) is 18.8. The summed E-state index contributed by atoms with van der Waals surface area (Å²) in [5.74, 6) is 0. The van der Waals surface area contributed by atoms with Gasteiger partial charge in [-0.1, -0.05) is 18.2 Å². The Morgan fingerprint density at radius 3 is 1.77 bits per heavy atom. The average Bonchev–Trinajstić information content (AvgIpc) is 2.62. The van der Waals surface area contributed by atoms with E-state index in [-0.39, 0.29) is 0 Å². The van der Waals surface area contributed by atoms with Crippen molar-refractivity contribution in [3.05, 3.63) is 72.2 Å². The first-order valence-electron chi connectivity index (χ1n) is 6.63. The molecule has 1 aromatic carbocycles. The van der Waals surface area contributed by atoms with Crippen molar-refractivity contribution in [3.8, 4) is 34.5 Å². The zero-order chi connectivity index (χ0) is 15.4. The first kappa shape index (κ1) is 13.5. The molecular weight excluding hydrogens is 272 g/mol. The molecule has 102 valence electrons. The van der Waals surface area contributed by atoms with Gasteiger partial charge in [-0.15, -0.1) is 0 Å². The summed E-state index contributed by atoms with van der Waals surface area (Å²) in [4.78, 5) is 8.50. The molecule has 0 aliphatic carbocycles. The molecule has 0 radical (unpaired) electrons. The first-order chi connectivity index (χ1) is 10.8. The summed E-state index contributed by atoms with van der Waals surface area (Å²) in [5, 5.41) is 17.6. The van der Waals surface area contributed by atoms with Crippen molar-refractivity contribution in [2.24, 2.45) is 0 Å². The molecule has 0 fully saturated rings. The Balaban J connectivity index is 1.88. The van der Waals surface area contributed by atoms with E-state index in [0.29, 0.717) is 11.3 Å². The van der Waals surface area contributed by atoms with E-state index < -0.39 is 0 Å². The molecule has 4 heteroatoms. The number of rotatable bonds is 2. The molecule has 2 heterocycles. The Bertz CT molecular complexity index is 788. The van der Waals surface area contributed by atoms with Gasteiger partial charge >= 0.3 is 0 Å². The van der Waals surface area contributed by atoms with Crippen LogP contribution in [0.15, 0.2) is 60.9 Å². The lowest BCUT2D eigenvalue weighted by atomic mass is 10.1. The Hall–Kier alpha value is -3.50. The summed E-state index contributed by atoms with van der Waals surface area (Å²) >= 11 is 0. The van der Waals surface area contributed by atoms with Crippen LogP contribution in [-0.4, -0.2) is 9.97 Å². The number of aromatic nitrogens is 2. The van der Waals surface area contributed by atoms with Gasteiger partial charge in [0.25, 0.3) is 0 Å². The third-order valence-corrected chi connectivity index (χ3v) is 3.28. The van der Waals surface area contributed by atoms with Crippen molar-refractivity contribution in [3.63, 3.8) is 0 Å². The van der Waals surface area contributed by atoms with Gasteiger partial charge in [0.2, 0.25) is 0 Å². The summed E-state index contributed by atoms with van der Waals surface area (Å²) in [6.45, 7) is 0. The van der Waals surface area contributed by atoms with Crippen molar-refractivity contribution < 1.29 is 0 Å². The zero-order valence-electron chi connectivity index (χ0n) is 11.6. The van der Waals surface area contributed by atoms with Crippen LogP contribution in [0.3, 0.4) is 0 Å². The maximum Gasteiger partial charge on any atom is 0.140 e. The van der Waals surface area contributed by atoms with Crippen LogP contribution in [0.5, 0.6) is 0 Å². The molecule has 4 nitrogen and oxygen atoms in total. The van der Waals surface area contributed by atoms with E-state index in [1.54, 1.807) is 30.6 Å². The largest absolute Gasteiger partial charge is 0.256 e.